The fourth-order valence-electron chi connectivity index (χ4n) is 1.39. The second-order valence-corrected chi connectivity index (χ2v) is 4.61. The molecule has 0 saturated heterocycles. The average Bonchev–Trinajstić information content (AvgIpc) is 2.76. The number of rotatable bonds is 4. The van der Waals surface area contributed by atoms with E-state index in [1.54, 1.807) is 6.20 Å². The molecule has 0 saturated carbocycles. The van der Waals surface area contributed by atoms with Crippen molar-refractivity contribution in [3.05, 3.63) is 36.0 Å². The van der Waals surface area contributed by atoms with Gasteiger partial charge in [0, 0.05) is 0 Å². The molecule has 0 fully saturated rings. The van der Waals surface area contributed by atoms with Crippen molar-refractivity contribution < 1.29 is 9.90 Å². The molecule has 2 N–H and O–H groups in total. The van der Waals surface area contributed by atoms with Crippen LogP contribution in [0.1, 0.15) is 5.56 Å². The van der Waals surface area contributed by atoms with Crippen LogP contribution < -0.4 is 0 Å². The van der Waals surface area contributed by atoms with Crippen LogP contribution in [0.4, 0.5) is 0 Å². The van der Waals surface area contributed by atoms with Crippen molar-refractivity contribution in [1.29, 1.82) is 0 Å². The summed E-state index contributed by atoms with van der Waals surface area (Å²) in [7, 11) is 0. The molecular formula is C12H12N2O2S. The molecule has 0 aliphatic heterocycles. The Kier molecular flexibility index (Phi) is 3.49. The zero-order valence-electron chi connectivity index (χ0n) is 9.30. The van der Waals surface area contributed by atoms with Gasteiger partial charge in [-0.15, -0.1) is 0 Å². The lowest BCUT2D eigenvalue weighted by Crippen LogP contribution is -1.97. The van der Waals surface area contributed by atoms with E-state index >= 15 is 0 Å². The number of carboxylic acids is 1. The summed E-state index contributed by atoms with van der Waals surface area (Å²) in [6, 6.07) is 8.07. The van der Waals surface area contributed by atoms with Crippen LogP contribution in [0.15, 0.2) is 35.6 Å². The van der Waals surface area contributed by atoms with Gasteiger partial charge < -0.3 is 10.1 Å². The Morgan fingerprint density at radius 2 is 2.12 bits per heavy atom. The lowest BCUT2D eigenvalue weighted by molar-refractivity contribution is -0.133. The second-order valence-electron chi connectivity index (χ2n) is 3.65. The first-order chi connectivity index (χ1) is 8.15. The number of hydrogen-bond donors (Lipinski definition) is 2. The number of nitrogens with one attached hydrogen (secondary N) is 1. The van der Waals surface area contributed by atoms with E-state index in [9.17, 15) is 4.79 Å². The molecule has 88 valence electrons. The van der Waals surface area contributed by atoms with Gasteiger partial charge in [0.1, 0.15) is 0 Å². The highest BCUT2D eigenvalue weighted by Gasteiger charge is 2.05. The normalized spacial score (nSPS) is 10.4. The van der Waals surface area contributed by atoms with Crippen molar-refractivity contribution in [2.24, 2.45) is 0 Å². The lowest BCUT2D eigenvalue weighted by Gasteiger charge is -1.98. The van der Waals surface area contributed by atoms with E-state index in [-0.39, 0.29) is 5.75 Å². The highest BCUT2D eigenvalue weighted by atomic mass is 32.2. The summed E-state index contributed by atoms with van der Waals surface area (Å²) >= 11 is 1.18. The second kappa shape index (κ2) is 5.05. The number of nitrogens with zero attached hydrogens (tertiary/aromatic N) is 1. The van der Waals surface area contributed by atoms with Crippen LogP contribution >= 0.6 is 11.8 Å². The number of aromatic amines is 1. The van der Waals surface area contributed by atoms with Crippen molar-refractivity contribution in [2.45, 2.75) is 12.1 Å². The summed E-state index contributed by atoms with van der Waals surface area (Å²) < 4.78 is 0. The number of aliphatic carboxylic acids is 1. The van der Waals surface area contributed by atoms with Gasteiger partial charge in [-0.1, -0.05) is 41.6 Å². The average molecular weight is 248 g/mol. The molecular weight excluding hydrogens is 236 g/mol. The molecule has 4 nitrogen and oxygen atoms in total. The maximum absolute atomic E-state index is 10.4. The molecule has 2 aromatic rings. The number of H-pyrrole nitrogens is 1. The maximum Gasteiger partial charge on any atom is 0.313 e. The molecule has 1 heterocycles. The Labute approximate surface area is 103 Å². The summed E-state index contributed by atoms with van der Waals surface area (Å²) in [5, 5.41) is 9.19. The highest BCUT2D eigenvalue weighted by molar-refractivity contribution is 7.99. The van der Waals surface area contributed by atoms with Gasteiger partial charge in [0.2, 0.25) is 0 Å². The lowest BCUT2D eigenvalue weighted by atomic mass is 10.1. The van der Waals surface area contributed by atoms with Gasteiger partial charge in [0.05, 0.1) is 17.6 Å². The van der Waals surface area contributed by atoms with E-state index in [1.165, 1.54) is 17.3 Å². The summed E-state index contributed by atoms with van der Waals surface area (Å²) in [6.45, 7) is 2.03. The van der Waals surface area contributed by atoms with Crippen LogP contribution in [0.5, 0.6) is 0 Å². The van der Waals surface area contributed by atoms with E-state index in [4.69, 9.17) is 5.11 Å². The zero-order valence-corrected chi connectivity index (χ0v) is 10.1. The van der Waals surface area contributed by atoms with Crippen LogP contribution in [0.2, 0.25) is 0 Å². The molecule has 0 radical (unpaired) electrons. The smallest absolute Gasteiger partial charge is 0.313 e. The summed E-state index contributed by atoms with van der Waals surface area (Å²) in [5.41, 5.74) is 3.15. The molecule has 1 aromatic carbocycles. The predicted octanol–water partition coefficient (Wildman–Crippen LogP) is 2.56. The van der Waals surface area contributed by atoms with E-state index in [0.717, 1.165) is 11.3 Å². The largest absolute Gasteiger partial charge is 0.481 e. The molecule has 0 unspecified atom stereocenters. The van der Waals surface area contributed by atoms with Gasteiger partial charge in [-0.3, -0.25) is 4.79 Å². The third-order valence-electron chi connectivity index (χ3n) is 2.25. The molecule has 0 aliphatic rings. The van der Waals surface area contributed by atoms with Gasteiger partial charge in [-0.05, 0) is 12.5 Å². The first-order valence-electron chi connectivity index (χ1n) is 5.12. The number of carbonyl (C=O) groups is 1. The number of benzene rings is 1. The fourth-order valence-corrected chi connectivity index (χ4v) is 1.96. The molecule has 0 amide bonds. The third kappa shape index (κ3) is 3.10. The summed E-state index contributed by atoms with van der Waals surface area (Å²) in [4.78, 5) is 17.6. The van der Waals surface area contributed by atoms with E-state index in [2.05, 4.69) is 9.97 Å². The first-order valence-corrected chi connectivity index (χ1v) is 6.10. The summed E-state index contributed by atoms with van der Waals surface area (Å²) in [6.07, 6.45) is 1.72. The highest BCUT2D eigenvalue weighted by Crippen LogP contribution is 2.21. The number of imidazole rings is 1. The van der Waals surface area contributed by atoms with Crippen LogP contribution in [-0.4, -0.2) is 26.8 Å². The third-order valence-corrected chi connectivity index (χ3v) is 3.12. The monoisotopic (exact) mass is 248 g/mol. The SMILES string of the molecule is Cc1ccc(-c2cnc(SCC(=O)O)[nH]2)cc1. The van der Waals surface area contributed by atoms with Crippen LogP contribution in [-0.2, 0) is 4.79 Å². The van der Waals surface area contributed by atoms with Crippen LogP contribution in [0, 0.1) is 6.92 Å². The topological polar surface area (TPSA) is 66.0 Å². The molecule has 17 heavy (non-hydrogen) atoms. The Morgan fingerprint density at radius 1 is 1.41 bits per heavy atom. The first kappa shape index (κ1) is 11.7. The maximum atomic E-state index is 10.4. The van der Waals surface area contributed by atoms with E-state index in [0.29, 0.717) is 5.16 Å². The molecule has 0 bridgehead atoms. The fraction of sp³-hybridized carbons (Fsp3) is 0.167. The number of aromatic nitrogens is 2. The minimum atomic E-state index is -0.844. The molecule has 0 aliphatic carbocycles. The Bertz CT molecular complexity index is 520. The van der Waals surface area contributed by atoms with Crippen LogP contribution in [0.25, 0.3) is 11.3 Å². The van der Waals surface area contributed by atoms with Gasteiger partial charge in [0.15, 0.2) is 5.16 Å². The Morgan fingerprint density at radius 3 is 2.76 bits per heavy atom. The van der Waals surface area contributed by atoms with E-state index < -0.39 is 5.97 Å². The number of hydrogen-bond acceptors (Lipinski definition) is 3. The predicted molar refractivity (Wildman–Crippen MR) is 67.1 cm³/mol. The van der Waals surface area contributed by atoms with Gasteiger partial charge in [-0.25, -0.2) is 4.98 Å². The molecule has 2 rings (SSSR count). The van der Waals surface area contributed by atoms with Gasteiger partial charge in [-0.2, -0.15) is 0 Å². The minimum Gasteiger partial charge on any atom is -0.481 e. The van der Waals surface area contributed by atoms with Crippen molar-refractivity contribution in [2.75, 3.05) is 5.75 Å². The van der Waals surface area contributed by atoms with Crippen molar-refractivity contribution in [3.63, 3.8) is 0 Å². The standard InChI is InChI=1S/C12H12N2O2S/c1-8-2-4-9(5-3-8)10-6-13-12(14-10)17-7-11(15)16/h2-6H,7H2,1H3,(H,13,14)(H,15,16). The Balaban J connectivity index is 2.12. The van der Waals surface area contributed by atoms with Gasteiger partial charge in [0.25, 0.3) is 0 Å². The zero-order chi connectivity index (χ0) is 12.3. The molecule has 1 aromatic heterocycles. The summed E-state index contributed by atoms with van der Waals surface area (Å²) in [5.74, 6) is -0.829. The number of thioether (sulfide) groups is 1. The van der Waals surface area contributed by atoms with Gasteiger partial charge >= 0.3 is 5.97 Å². The van der Waals surface area contributed by atoms with Crippen LogP contribution in [0.3, 0.4) is 0 Å². The van der Waals surface area contributed by atoms with Crippen molar-refractivity contribution in [3.8, 4) is 11.3 Å². The number of carboxylic acid groups (broad SMARTS) is 1. The van der Waals surface area contributed by atoms with E-state index in [1.807, 2.05) is 31.2 Å². The van der Waals surface area contributed by atoms with Crippen molar-refractivity contribution >= 4 is 17.7 Å². The quantitative estimate of drug-likeness (QED) is 0.816. The molecule has 0 atom stereocenters. The Hall–Kier alpha value is -1.75. The minimum absolute atomic E-state index is 0.0147. The molecule has 5 heteroatoms. The van der Waals surface area contributed by atoms with Crippen molar-refractivity contribution in [1.82, 2.24) is 9.97 Å². The number of aryl methyl sites for hydroxylation is 1. The molecule has 0 spiro atoms.